The average Bonchev–Trinajstić information content (AvgIpc) is 3.36. The molecule has 0 fully saturated rings. The highest BCUT2D eigenvalue weighted by atomic mass is 16.5. The van der Waals surface area contributed by atoms with Crippen LogP contribution in [-0.4, -0.2) is 22.7 Å². The zero-order valence-corrected chi connectivity index (χ0v) is 18.2. The first kappa shape index (κ1) is 21.7. The van der Waals surface area contributed by atoms with Gasteiger partial charge in [-0.05, 0) is 36.8 Å². The van der Waals surface area contributed by atoms with Crippen molar-refractivity contribution in [2.45, 2.75) is 20.8 Å². The predicted molar refractivity (Wildman–Crippen MR) is 120 cm³/mol. The Morgan fingerprint density at radius 1 is 1.16 bits per heavy atom. The molecular weight excluding hydrogens is 392 g/mol. The minimum Gasteiger partial charge on any atom is -0.497 e. The van der Waals surface area contributed by atoms with Crippen molar-refractivity contribution in [3.63, 3.8) is 0 Å². The molecule has 0 aliphatic carbocycles. The summed E-state index contributed by atoms with van der Waals surface area (Å²) in [6.45, 7) is 5.73. The number of anilines is 1. The quantitative estimate of drug-likeness (QED) is 0.487. The van der Waals surface area contributed by atoms with Gasteiger partial charge >= 0.3 is 0 Å². The van der Waals surface area contributed by atoms with Crippen LogP contribution in [0.4, 0.5) is 5.69 Å². The van der Waals surface area contributed by atoms with E-state index >= 15 is 0 Å². The molecule has 31 heavy (non-hydrogen) atoms. The van der Waals surface area contributed by atoms with Gasteiger partial charge in [0.25, 0.3) is 5.91 Å². The molecular formula is C24H24N4O3. The van der Waals surface area contributed by atoms with Crippen molar-refractivity contribution in [2.75, 3.05) is 12.4 Å². The van der Waals surface area contributed by atoms with Crippen LogP contribution in [0.3, 0.4) is 0 Å². The molecule has 0 saturated carbocycles. The Kier molecular flexibility index (Phi) is 6.41. The van der Waals surface area contributed by atoms with E-state index in [2.05, 4.69) is 16.5 Å². The fourth-order valence-corrected chi connectivity index (χ4v) is 3.37. The number of fused-ring (bicyclic) bond motifs is 1. The third kappa shape index (κ3) is 4.14. The van der Waals surface area contributed by atoms with Crippen molar-refractivity contribution in [3.05, 3.63) is 65.5 Å². The fraction of sp³-hybridized carbons (Fsp3) is 0.208. The predicted octanol–water partition coefficient (Wildman–Crippen LogP) is 5.30. The molecule has 0 unspecified atom stereocenters. The molecule has 2 aromatic carbocycles. The molecule has 1 amide bonds. The maximum atomic E-state index is 12.2. The first-order chi connectivity index (χ1) is 15.0. The molecule has 4 aromatic rings. The molecule has 0 spiro atoms. The number of nitrogens with one attached hydrogen (secondary N) is 1. The largest absolute Gasteiger partial charge is 0.497 e. The van der Waals surface area contributed by atoms with Crippen molar-refractivity contribution < 1.29 is 14.1 Å². The molecule has 7 heteroatoms. The number of aryl methyl sites for hydroxylation is 2. The van der Waals surface area contributed by atoms with E-state index in [0.29, 0.717) is 17.0 Å². The summed E-state index contributed by atoms with van der Waals surface area (Å²) in [5.41, 5.74) is 4.03. The highest BCUT2D eigenvalue weighted by molar-refractivity contribution is 6.03. The van der Waals surface area contributed by atoms with Gasteiger partial charge in [0.1, 0.15) is 17.6 Å². The zero-order valence-electron chi connectivity index (χ0n) is 18.2. The van der Waals surface area contributed by atoms with Gasteiger partial charge < -0.3 is 19.1 Å². The normalized spacial score (nSPS) is 10.2. The summed E-state index contributed by atoms with van der Waals surface area (Å²) in [4.78, 5) is 12.2. The number of hydrogen-bond acceptors (Lipinski definition) is 5. The number of carbonyl (C=O) groups excluding carboxylic acids is 1. The Balaban J connectivity index is 0.00000132. The number of methoxy groups -OCH3 is 1. The van der Waals surface area contributed by atoms with Gasteiger partial charge in [0.2, 0.25) is 0 Å². The van der Waals surface area contributed by atoms with Gasteiger partial charge in [-0.1, -0.05) is 31.1 Å². The molecule has 0 aliphatic rings. The topological polar surface area (TPSA) is 93.1 Å². The highest BCUT2D eigenvalue weighted by Gasteiger charge is 2.17. The average molecular weight is 416 g/mol. The van der Waals surface area contributed by atoms with E-state index < -0.39 is 0 Å². The van der Waals surface area contributed by atoms with Crippen molar-refractivity contribution in [1.82, 2.24) is 9.72 Å². The Morgan fingerprint density at radius 2 is 1.87 bits per heavy atom. The summed E-state index contributed by atoms with van der Waals surface area (Å²) in [5.74, 6) is 0.959. The molecule has 0 radical (unpaired) electrons. The molecule has 1 N–H and O–H groups in total. The van der Waals surface area contributed by atoms with Crippen LogP contribution in [0.2, 0.25) is 0 Å². The summed E-state index contributed by atoms with van der Waals surface area (Å²) < 4.78 is 12.2. The second-order valence-electron chi connectivity index (χ2n) is 6.63. The first-order valence-corrected chi connectivity index (χ1v) is 9.93. The molecule has 158 valence electrons. The van der Waals surface area contributed by atoms with E-state index in [-0.39, 0.29) is 11.6 Å². The van der Waals surface area contributed by atoms with Crippen LogP contribution in [0, 0.1) is 18.3 Å². The second kappa shape index (κ2) is 9.18. The van der Waals surface area contributed by atoms with Gasteiger partial charge in [-0.15, -0.1) is 0 Å². The van der Waals surface area contributed by atoms with Crippen LogP contribution < -0.4 is 10.1 Å². The standard InChI is InChI=1S/C22H18N4O3.C2H6/c1-13-10-19(25-29-13)22(27)24-15-6-4-14(5-7-15)21-18(12-23)17-9-8-16(28-3)11-20(17)26(21)2;1-2/h4-11H,1-3H3,(H,24,27);1-2H3. The lowest BCUT2D eigenvalue weighted by Crippen LogP contribution is -2.12. The number of benzene rings is 2. The number of rotatable bonds is 4. The molecule has 0 aliphatic heterocycles. The van der Waals surface area contributed by atoms with Crippen LogP contribution in [0.15, 0.2) is 53.1 Å². The van der Waals surface area contributed by atoms with E-state index in [1.807, 2.05) is 55.8 Å². The van der Waals surface area contributed by atoms with E-state index in [1.165, 1.54) is 0 Å². The molecule has 2 aromatic heterocycles. The molecule has 7 nitrogen and oxygen atoms in total. The summed E-state index contributed by atoms with van der Waals surface area (Å²) in [7, 11) is 3.53. The van der Waals surface area contributed by atoms with Crippen molar-refractivity contribution >= 4 is 22.5 Å². The van der Waals surface area contributed by atoms with Gasteiger partial charge in [-0.2, -0.15) is 5.26 Å². The van der Waals surface area contributed by atoms with E-state index in [9.17, 15) is 10.1 Å². The van der Waals surface area contributed by atoms with E-state index in [1.54, 1.807) is 32.2 Å². The number of hydrogen-bond donors (Lipinski definition) is 1. The summed E-state index contributed by atoms with van der Waals surface area (Å²) >= 11 is 0. The van der Waals surface area contributed by atoms with Crippen molar-refractivity contribution in [3.8, 4) is 23.1 Å². The molecule has 0 saturated heterocycles. The van der Waals surface area contributed by atoms with Gasteiger partial charge in [0, 0.05) is 30.3 Å². The van der Waals surface area contributed by atoms with Gasteiger partial charge in [-0.3, -0.25) is 4.79 Å². The van der Waals surface area contributed by atoms with E-state index in [0.717, 1.165) is 27.9 Å². The summed E-state index contributed by atoms with van der Waals surface area (Å²) in [6.07, 6.45) is 0. The van der Waals surface area contributed by atoms with Crippen LogP contribution in [-0.2, 0) is 7.05 Å². The Bertz CT molecular complexity index is 1260. The summed E-state index contributed by atoms with van der Waals surface area (Å²) in [6, 6.07) is 16.9. The summed E-state index contributed by atoms with van der Waals surface area (Å²) in [5, 5.41) is 17.1. The lowest BCUT2D eigenvalue weighted by molar-refractivity contribution is 0.101. The maximum absolute atomic E-state index is 12.2. The zero-order chi connectivity index (χ0) is 22.5. The van der Waals surface area contributed by atoms with Gasteiger partial charge in [-0.25, -0.2) is 0 Å². The van der Waals surface area contributed by atoms with Gasteiger partial charge in [0.05, 0.1) is 23.9 Å². The lowest BCUT2D eigenvalue weighted by atomic mass is 10.1. The maximum Gasteiger partial charge on any atom is 0.277 e. The Morgan fingerprint density at radius 3 is 2.45 bits per heavy atom. The van der Waals surface area contributed by atoms with Crippen LogP contribution in [0.1, 0.15) is 35.7 Å². The minimum atomic E-state index is -0.344. The molecule has 2 heterocycles. The lowest BCUT2D eigenvalue weighted by Gasteiger charge is -2.08. The van der Waals surface area contributed by atoms with Crippen molar-refractivity contribution in [2.24, 2.45) is 7.05 Å². The second-order valence-corrected chi connectivity index (χ2v) is 6.63. The number of amides is 1. The number of carbonyl (C=O) groups is 1. The monoisotopic (exact) mass is 416 g/mol. The SMILES string of the molecule is CC.COc1ccc2c(C#N)c(-c3ccc(NC(=O)c4cc(C)on4)cc3)n(C)c2c1. The number of aromatic nitrogens is 2. The molecule has 0 atom stereocenters. The number of nitriles is 1. The fourth-order valence-electron chi connectivity index (χ4n) is 3.37. The Labute approximate surface area is 180 Å². The van der Waals surface area contributed by atoms with Crippen LogP contribution >= 0.6 is 0 Å². The van der Waals surface area contributed by atoms with E-state index in [4.69, 9.17) is 9.26 Å². The minimum absolute atomic E-state index is 0.223. The van der Waals surface area contributed by atoms with Crippen LogP contribution in [0.5, 0.6) is 5.75 Å². The Hall–Kier alpha value is -4.05. The number of ether oxygens (including phenoxy) is 1. The highest BCUT2D eigenvalue weighted by Crippen LogP contribution is 2.34. The number of nitrogens with zero attached hydrogens (tertiary/aromatic N) is 3. The smallest absolute Gasteiger partial charge is 0.277 e. The first-order valence-electron chi connectivity index (χ1n) is 9.93. The van der Waals surface area contributed by atoms with Gasteiger partial charge in [0.15, 0.2) is 5.69 Å². The molecule has 4 rings (SSSR count). The van der Waals surface area contributed by atoms with Crippen LogP contribution in [0.25, 0.3) is 22.2 Å². The molecule has 0 bridgehead atoms. The third-order valence-corrected chi connectivity index (χ3v) is 4.80. The third-order valence-electron chi connectivity index (χ3n) is 4.80. The van der Waals surface area contributed by atoms with Crippen molar-refractivity contribution in [1.29, 1.82) is 5.26 Å².